The number of hydrogen-bond acceptors (Lipinski definition) is 6. The maximum atomic E-state index is 12.7. The fraction of sp³-hybridized carbons (Fsp3) is 0.158. The van der Waals surface area contributed by atoms with Gasteiger partial charge < -0.3 is 10.1 Å². The van der Waals surface area contributed by atoms with E-state index in [1.54, 1.807) is 24.7 Å². The normalized spacial score (nSPS) is 11.5. The number of amides is 1. The molecule has 1 amide bonds. The third kappa shape index (κ3) is 3.90. The van der Waals surface area contributed by atoms with Crippen LogP contribution in [-0.4, -0.2) is 31.3 Å². The van der Waals surface area contributed by atoms with Gasteiger partial charge in [0.25, 0.3) is 5.91 Å². The van der Waals surface area contributed by atoms with Gasteiger partial charge >= 0.3 is 0 Å². The van der Waals surface area contributed by atoms with Crippen LogP contribution in [0.2, 0.25) is 0 Å². The van der Waals surface area contributed by atoms with Crippen molar-refractivity contribution in [2.45, 2.75) is 19.4 Å². The van der Waals surface area contributed by atoms with Crippen LogP contribution in [-0.2, 0) is 4.79 Å². The molecule has 0 aliphatic rings. The van der Waals surface area contributed by atoms with Gasteiger partial charge in [-0.05, 0) is 62.4 Å². The predicted octanol–water partition coefficient (Wildman–Crippen LogP) is 4.41. The van der Waals surface area contributed by atoms with Crippen molar-refractivity contribution in [2.75, 3.05) is 5.32 Å². The molecule has 4 aromatic rings. The highest BCUT2D eigenvalue weighted by Gasteiger charge is 2.30. The Bertz CT molecular complexity index is 1090. The average Bonchev–Trinajstić information content (AvgIpc) is 3.26. The van der Waals surface area contributed by atoms with Crippen LogP contribution < -0.4 is 10.1 Å². The van der Waals surface area contributed by atoms with Crippen LogP contribution in [0, 0.1) is 0 Å². The summed E-state index contributed by atoms with van der Waals surface area (Å²) in [6.07, 6.45) is 1.57. The molecule has 0 bridgehead atoms. The van der Waals surface area contributed by atoms with Crippen molar-refractivity contribution in [3.8, 4) is 16.3 Å². The van der Waals surface area contributed by atoms with Crippen molar-refractivity contribution in [1.82, 2.24) is 19.8 Å². The summed E-state index contributed by atoms with van der Waals surface area (Å²) in [6.45, 7) is 3.47. The number of nitrogens with zero attached hydrogens (tertiary/aromatic N) is 4. The molecule has 4 rings (SSSR count). The minimum absolute atomic E-state index is 0.234. The molecule has 0 radical (unpaired) electrons. The molecule has 142 valence electrons. The minimum atomic E-state index is -1.03. The third-order valence-corrected chi connectivity index (χ3v) is 5.50. The van der Waals surface area contributed by atoms with Gasteiger partial charge in [0.05, 0.1) is 0 Å². The Morgan fingerprint density at radius 1 is 1.14 bits per heavy atom. The van der Waals surface area contributed by atoms with Crippen molar-refractivity contribution in [1.29, 1.82) is 0 Å². The highest BCUT2D eigenvalue weighted by Crippen LogP contribution is 2.27. The van der Waals surface area contributed by atoms with Gasteiger partial charge in [0.2, 0.25) is 4.96 Å². The molecule has 9 heteroatoms. The maximum absolute atomic E-state index is 12.7. The molecule has 0 atom stereocenters. The molecular weight excluding hydrogens is 442 g/mol. The summed E-state index contributed by atoms with van der Waals surface area (Å²) >= 11 is 4.83. The number of carbonyl (C=O) groups excluding carboxylic acids is 1. The quantitative estimate of drug-likeness (QED) is 0.479. The molecule has 28 heavy (non-hydrogen) atoms. The molecule has 0 saturated carbocycles. The second-order valence-electron chi connectivity index (χ2n) is 6.56. The Kier molecular flexibility index (Phi) is 4.86. The van der Waals surface area contributed by atoms with E-state index in [0.717, 1.165) is 20.0 Å². The molecular formula is C19H16BrN5O2S. The highest BCUT2D eigenvalue weighted by molar-refractivity contribution is 9.10. The lowest BCUT2D eigenvalue weighted by atomic mass is 10.1. The average molecular weight is 458 g/mol. The largest absolute Gasteiger partial charge is 0.478 e. The molecule has 7 nitrogen and oxygen atoms in total. The number of rotatable bonds is 5. The molecule has 0 aliphatic carbocycles. The summed E-state index contributed by atoms with van der Waals surface area (Å²) in [5.41, 5.74) is 0.600. The summed E-state index contributed by atoms with van der Waals surface area (Å²) in [4.78, 5) is 13.4. The van der Waals surface area contributed by atoms with Crippen LogP contribution in [0.25, 0.3) is 15.5 Å². The van der Waals surface area contributed by atoms with Crippen molar-refractivity contribution in [2.24, 2.45) is 0 Å². The molecule has 0 spiro atoms. The van der Waals surface area contributed by atoms with E-state index in [9.17, 15) is 4.79 Å². The van der Waals surface area contributed by atoms with Crippen LogP contribution >= 0.6 is 27.3 Å². The van der Waals surface area contributed by atoms with Crippen LogP contribution in [0.3, 0.4) is 0 Å². The lowest BCUT2D eigenvalue weighted by Gasteiger charge is -2.25. The molecule has 2 heterocycles. The number of ether oxygens (including phenoxy) is 1. The molecule has 0 saturated heterocycles. The Morgan fingerprint density at radius 3 is 2.54 bits per heavy atom. The SMILES string of the molecule is CC(C)(Oc1ccc(Br)cc1)C(=O)Nc1ccc(-c2nn3cnnc3s2)cc1. The van der Waals surface area contributed by atoms with Crippen LogP contribution in [0.4, 0.5) is 5.69 Å². The lowest BCUT2D eigenvalue weighted by molar-refractivity contribution is -0.128. The van der Waals surface area contributed by atoms with Gasteiger partial charge in [-0.3, -0.25) is 4.79 Å². The van der Waals surface area contributed by atoms with E-state index in [1.807, 2.05) is 48.5 Å². The standard InChI is InChI=1S/C19H16BrN5O2S/c1-19(2,27-15-9-5-13(20)6-10-15)17(26)22-14-7-3-12(4-8-14)16-24-25-11-21-23-18(25)28-16/h3-11H,1-2H3,(H,22,26). The first-order chi connectivity index (χ1) is 13.4. The van der Waals surface area contributed by atoms with Gasteiger partial charge in [0.15, 0.2) is 5.60 Å². The number of aromatic nitrogens is 4. The Labute approximate surface area is 173 Å². The van der Waals surface area contributed by atoms with Gasteiger partial charge in [-0.1, -0.05) is 27.3 Å². The molecule has 2 aromatic carbocycles. The topological polar surface area (TPSA) is 81.4 Å². The number of fused-ring (bicyclic) bond motifs is 1. The predicted molar refractivity (Wildman–Crippen MR) is 112 cm³/mol. The number of anilines is 1. The van der Waals surface area contributed by atoms with E-state index in [4.69, 9.17) is 4.74 Å². The number of benzene rings is 2. The summed E-state index contributed by atoms with van der Waals surface area (Å²) in [7, 11) is 0. The van der Waals surface area contributed by atoms with Crippen molar-refractivity contribution in [3.63, 3.8) is 0 Å². The maximum Gasteiger partial charge on any atom is 0.267 e. The second-order valence-corrected chi connectivity index (χ2v) is 8.43. The molecule has 2 aromatic heterocycles. The van der Waals surface area contributed by atoms with Crippen molar-refractivity contribution >= 4 is 43.8 Å². The van der Waals surface area contributed by atoms with E-state index in [0.29, 0.717) is 11.4 Å². The summed E-state index contributed by atoms with van der Waals surface area (Å²) in [5.74, 6) is 0.393. The van der Waals surface area contributed by atoms with Gasteiger partial charge in [-0.2, -0.15) is 9.61 Å². The third-order valence-electron chi connectivity index (χ3n) is 4.01. The fourth-order valence-electron chi connectivity index (χ4n) is 2.50. The van der Waals surface area contributed by atoms with Crippen molar-refractivity contribution in [3.05, 3.63) is 59.3 Å². The van der Waals surface area contributed by atoms with E-state index in [2.05, 4.69) is 36.5 Å². The molecule has 0 aliphatic heterocycles. The first-order valence-electron chi connectivity index (χ1n) is 8.44. The first-order valence-corrected chi connectivity index (χ1v) is 10.0. The second kappa shape index (κ2) is 7.33. The van der Waals surface area contributed by atoms with Crippen molar-refractivity contribution < 1.29 is 9.53 Å². The Balaban J connectivity index is 1.44. The number of halogens is 1. The minimum Gasteiger partial charge on any atom is -0.478 e. The highest BCUT2D eigenvalue weighted by atomic mass is 79.9. The van der Waals surface area contributed by atoms with Crippen LogP contribution in [0.1, 0.15) is 13.8 Å². The zero-order chi connectivity index (χ0) is 19.7. The smallest absolute Gasteiger partial charge is 0.267 e. The van der Waals surface area contributed by atoms with Crippen LogP contribution in [0.15, 0.2) is 59.3 Å². The Morgan fingerprint density at radius 2 is 1.86 bits per heavy atom. The number of carbonyl (C=O) groups is 1. The van der Waals surface area contributed by atoms with E-state index in [-0.39, 0.29) is 5.91 Å². The number of hydrogen-bond donors (Lipinski definition) is 1. The van der Waals surface area contributed by atoms with E-state index in [1.165, 1.54) is 11.3 Å². The monoisotopic (exact) mass is 457 g/mol. The first kappa shape index (κ1) is 18.6. The fourth-order valence-corrected chi connectivity index (χ4v) is 3.59. The Hall–Kier alpha value is -2.78. The van der Waals surface area contributed by atoms with E-state index < -0.39 is 5.60 Å². The number of nitrogens with one attached hydrogen (secondary N) is 1. The summed E-state index contributed by atoms with van der Waals surface area (Å²) in [5, 5.41) is 15.9. The zero-order valence-electron chi connectivity index (χ0n) is 15.1. The molecule has 1 N–H and O–H groups in total. The van der Waals surface area contributed by atoms with E-state index >= 15 is 0 Å². The summed E-state index contributed by atoms with van der Waals surface area (Å²) in [6, 6.07) is 14.9. The van der Waals surface area contributed by atoms with Gasteiger partial charge in [-0.15, -0.1) is 10.2 Å². The van der Waals surface area contributed by atoms with Gasteiger partial charge in [0, 0.05) is 15.7 Å². The molecule has 0 unspecified atom stereocenters. The summed E-state index contributed by atoms with van der Waals surface area (Å²) < 4.78 is 8.44. The van der Waals surface area contributed by atoms with Crippen LogP contribution in [0.5, 0.6) is 5.75 Å². The molecule has 0 fully saturated rings. The van der Waals surface area contributed by atoms with Gasteiger partial charge in [0.1, 0.15) is 17.1 Å². The lowest BCUT2D eigenvalue weighted by Crippen LogP contribution is -2.42. The van der Waals surface area contributed by atoms with Gasteiger partial charge in [-0.25, -0.2) is 0 Å². The zero-order valence-corrected chi connectivity index (χ0v) is 17.5.